The molecule has 0 unspecified atom stereocenters. The highest BCUT2D eigenvalue weighted by molar-refractivity contribution is 9.10. The fourth-order valence-electron chi connectivity index (χ4n) is 1.33. The van der Waals surface area contributed by atoms with Crippen molar-refractivity contribution in [3.8, 4) is 5.69 Å². The van der Waals surface area contributed by atoms with Crippen molar-refractivity contribution in [3.63, 3.8) is 0 Å². The summed E-state index contributed by atoms with van der Waals surface area (Å²) in [5, 5.41) is 7.84. The SMILES string of the molecule is Cc1ccc(-n2nncc2CCl)c(Br)c1. The van der Waals surface area contributed by atoms with Crippen LogP contribution < -0.4 is 0 Å². The Hall–Kier alpha value is -0.870. The molecule has 0 aliphatic carbocycles. The van der Waals surface area contributed by atoms with Crippen molar-refractivity contribution in [2.24, 2.45) is 0 Å². The Bertz CT molecular complexity index is 481. The second-order valence-corrected chi connectivity index (χ2v) is 4.35. The minimum atomic E-state index is 0.396. The minimum absolute atomic E-state index is 0.396. The molecule has 0 spiro atoms. The summed E-state index contributed by atoms with van der Waals surface area (Å²) in [6.07, 6.45) is 1.67. The van der Waals surface area contributed by atoms with Crippen molar-refractivity contribution in [1.29, 1.82) is 0 Å². The average molecular weight is 287 g/mol. The summed E-state index contributed by atoms with van der Waals surface area (Å²) in [6, 6.07) is 6.05. The van der Waals surface area contributed by atoms with Gasteiger partial charge in [-0.2, -0.15) is 0 Å². The van der Waals surface area contributed by atoms with Gasteiger partial charge in [0.15, 0.2) is 0 Å². The van der Waals surface area contributed by atoms with Crippen LogP contribution in [0.3, 0.4) is 0 Å². The fraction of sp³-hybridized carbons (Fsp3) is 0.200. The Labute approximate surface area is 101 Å². The van der Waals surface area contributed by atoms with E-state index in [2.05, 4.69) is 26.2 Å². The third-order valence-electron chi connectivity index (χ3n) is 2.09. The molecule has 2 rings (SSSR count). The molecule has 0 aliphatic heterocycles. The van der Waals surface area contributed by atoms with E-state index in [4.69, 9.17) is 11.6 Å². The van der Waals surface area contributed by atoms with Gasteiger partial charge in [-0.3, -0.25) is 0 Å². The van der Waals surface area contributed by atoms with Crippen molar-refractivity contribution in [2.45, 2.75) is 12.8 Å². The molecule has 0 fully saturated rings. The van der Waals surface area contributed by atoms with Crippen LogP contribution in [-0.2, 0) is 5.88 Å². The normalized spacial score (nSPS) is 10.6. The molecule has 0 radical (unpaired) electrons. The predicted octanol–water partition coefficient (Wildman–Crippen LogP) is 3.08. The first-order valence-electron chi connectivity index (χ1n) is 4.44. The summed E-state index contributed by atoms with van der Waals surface area (Å²) < 4.78 is 2.72. The van der Waals surface area contributed by atoms with Crippen LogP contribution in [0, 0.1) is 6.92 Å². The van der Waals surface area contributed by atoms with Gasteiger partial charge in [0.05, 0.1) is 23.5 Å². The molecule has 1 aromatic heterocycles. The Morgan fingerprint density at radius 2 is 2.27 bits per heavy atom. The largest absolute Gasteiger partial charge is 0.215 e. The van der Waals surface area contributed by atoms with Crippen molar-refractivity contribution in [1.82, 2.24) is 15.0 Å². The lowest BCUT2D eigenvalue weighted by Gasteiger charge is -2.06. The van der Waals surface area contributed by atoms with E-state index in [0.29, 0.717) is 5.88 Å². The van der Waals surface area contributed by atoms with Crippen molar-refractivity contribution in [2.75, 3.05) is 0 Å². The van der Waals surface area contributed by atoms with E-state index in [0.717, 1.165) is 15.9 Å². The second-order valence-electron chi connectivity index (χ2n) is 3.23. The van der Waals surface area contributed by atoms with E-state index in [1.807, 2.05) is 25.1 Å². The quantitative estimate of drug-likeness (QED) is 0.794. The molecule has 2 aromatic rings. The molecule has 3 nitrogen and oxygen atoms in total. The Morgan fingerprint density at radius 1 is 1.47 bits per heavy atom. The minimum Gasteiger partial charge on any atom is -0.215 e. The number of aromatic nitrogens is 3. The maximum Gasteiger partial charge on any atom is 0.0809 e. The molecular weight excluding hydrogens is 277 g/mol. The van der Waals surface area contributed by atoms with Crippen molar-refractivity contribution >= 4 is 27.5 Å². The first kappa shape index (κ1) is 10.6. The molecule has 0 bridgehead atoms. The number of hydrogen-bond acceptors (Lipinski definition) is 2. The van der Waals surface area contributed by atoms with Crippen molar-refractivity contribution < 1.29 is 0 Å². The summed E-state index contributed by atoms with van der Waals surface area (Å²) in [4.78, 5) is 0. The van der Waals surface area contributed by atoms with Gasteiger partial charge in [-0.25, -0.2) is 4.68 Å². The molecule has 1 heterocycles. The number of alkyl halides is 1. The van der Waals surface area contributed by atoms with Gasteiger partial charge in [-0.1, -0.05) is 11.3 Å². The van der Waals surface area contributed by atoms with Gasteiger partial charge in [0.25, 0.3) is 0 Å². The average Bonchev–Trinajstić information content (AvgIpc) is 2.65. The van der Waals surface area contributed by atoms with Crippen LogP contribution in [0.1, 0.15) is 11.3 Å². The van der Waals surface area contributed by atoms with E-state index < -0.39 is 0 Å². The molecular formula is C10H9BrClN3. The molecule has 1 aromatic carbocycles. The third-order valence-corrected chi connectivity index (χ3v) is 3.00. The standard InChI is InChI=1S/C10H9BrClN3/c1-7-2-3-10(9(11)4-7)15-8(5-12)6-13-14-15/h2-4,6H,5H2,1H3. The first-order chi connectivity index (χ1) is 7.22. The smallest absolute Gasteiger partial charge is 0.0809 e. The second kappa shape index (κ2) is 4.33. The molecule has 15 heavy (non-hydrogen) atoms. The number of rotatable bonds is 2. The van der Waals surface area contributed by atoms with Crippen LogP contribution in [0.4, 0.5) is 0 Å². The van der Waals surface area contributed by atoms with Gasteiger partial charge in [0.1, 0.15) is 0 Å². The Balaban J connectivity index is 2.54. The monoisotopic (exact) mass is 285 g/mol. The number of benzene rings is 1. The fourth-order valence-corrected chi connectivity index (χ4v) is 2.18. The van der Waals surface area contributed by atoms with Gasteiger partial charge >= 0.3 is 0 Å². The maximum atomic E-state index is 5.79. The number of aryl methyl sites for hydroxylation is 1. The summed E-state index contributed by atoms with van der Waals surface area (Å²) >= 11 is 9.29. The Morgan fingerprint density at radius 3 is 2.93 bits per heavy atom. The lowest BCUT2D eigenvalue weighted by atomic mass is 10.2. The highest BCUT2D eigenvalue weighted by Crippen LogP contribution is 2.23. The van der Waals surface area contributed by atoms with Gasteiger partial charge in [0.2, 0.25) is 0 Å². The predicted molar refractivity (Wildman–Crippen MR) is 63.4 cm³/mol. The summed E-state index contributed by atoms with van der Waals surface area (Å²) in [7, 11) is 0. The van der Waals surface area contributed by atoms with Gasteiger partial charge in [0, 0.05) is 4.47 Å². The molecule has 0 atom stereocenters. The first-order valence-corrected chi connectivity index (χ1v) is 5.77. The van der Waals surface area contributed by atoms with Crippen molar-refractivity contribution in [3.05, 3.63) is 40.1 Å². The van der Waals surface area contributed by atoms with E-state index >= 15 is 0 Å². The molecule has 0 amide bonds. The molecule has 0 N–H and O–H groups in total. The lowest BCUT2D eigenvalue weighted by molar-refractivity contribution is 0.778. The van der Waals surface area contributed by atoms with E-state index in [-0.39, 0.29) is 0 Å². The Kier molecular flexibility index (Phi) is 3.07. The van der Waals surface area contributed by atoms with E-state index in [1.165, 1.54) is 5.56 Å². The summed E-state index contributed by atoms with van der Waals surface area (Å²) in [5.41, 5.74) is 3.02. The van der Waals surface area contributed by atoms with E-state index in [1.54, 1.807) is 10.9 Å². The van der Waals surface area contributed by atoms with Crippen LogP contribution in [0.2, 0.25) is 0 Å². The molecule has 0 aliphatic rings. The van der Waals surface area contributed by atoms with Crippen LogP contribution >= 0.6 is 27.5 Å². The van der Waals surface area contributed by atoms with Crippen LogP contribution in [0.25, 0.3) is 5.69 Å². The zero-order chi connectivity index (χ0) is 10.8. The van der Waals surface area contributed by atoms with E-state index in [9.17, 15) is 0 Å². The van der Waals surface area contributed by atoms with Crippen LogP contribution in [0.5, 0.6) is 0 Å². The van der Waals surface area contributed by atoms with Gasteiger partial charge in [-0.15, -0.1) is 16.7 Å². The zero-order valence-corrected chi connectivity index (χ0v) is 10.5. The highest BCUT2D eigenvalue weighted by Gasteiger charge is 2.08. The van der Waals surface area contributed by atoms with Crippen LogP contribution in [0.15, 0.2) is 28.9 Å². The molecule has 5 heteroatoms. The third kappa shape index (κ3) is 2.06. The topological polar surface area (TPSA) is 30.7 Å². The lowest BCUT2D eigenvalue weighted by Crippen LogP contribution is -2.01. The molecule has 0 saturated carbocycles. The number of nitrogens with zero attached hydrogens (tertiary/aromatic N) is 3. The van der Waals surface area contributed by atoms with Gasteiger partial charge in [-0.05, 0) is 40.5 Å². The highest BCUT2D eigenvalue weighted by atomic mass is 79.9. The van der Waals surface area contributed by atoms with Gasteiger partial charge < -0.3 is 0 Å². The molecule has 0 saturated heterocycles. The maximum absolute atomic E-state index is 5.79. The molecule has 78 valence electrons. The number of hydrogen-bond donors (Lipinski definition) is 0. The zero-order valence-electron chi connectivity index (χ0n) is 8.11. The summed E-state index contributed by atoms with van der Waals surface area (Å²) in [6.45, 7) is 2.04. The van der Waals surface area contributed by atoms with Crippen LogP contribution in [-0.4, -0.2) is 15.0 Å². The number of halogens is 2. The summed E-state index contributed by atoms with van der Waals surface area (Å²) in [5.74, 6) is 0.396.